The molecule has 3 rings (SSSR count). The summed E-state index contributed by atoms with van der Waals surface area (Å²) in [5.74, 6) is 0.335. The van der Waals surface area contributed by atoms with Crippen LogP contribution < -0.4 is 0 Å². The zero-order chi connectivity index (χ0) is 11.1. The van der Waals surface area contributed by atoms with E-state index in [0.717, 1.165) is 31.6 Å². The van der Waals surface area contributed by atoms with E-state index >= 15 is 0 Å². The van der Waals surface area contributed by atoms with E-state index in [-0.39, 0.29) is 0 Å². The van der Waals surface area contributed by atoms with Crippen molar-refractivity contribution in [3.63, 3.8) is 0 Å². The van der Waals surface area contributed by atoms with E-state index in [9.17, 15) is 4.91 Å². The molecule has 0 amide bonds. The van der Waals surface area contributed by atoms with Gasteiger partial charge in [0.05, 0.1) is 23.5 Å². The van der Waals surface area contributed by atoms with Crippen molar-refractivity contribution >= 4 is 33.9 Å². The second-order valence-electron chi connectivity index (χ2n) is 4.09. The van der Waals surface area contributed by atoms with Crippen molar-refractivity contribution in [2.24, 2.45) is 5.92 Å². The van der Waals surface area contributed by atoms with E-state index in [1.165, 1.54) is 0 Å². The smallest absolute Gasteiger partial charge is 0.270 e. The van der Waals surface area contributed by atoms with Gasteiger partial charge >= 0.3 is 0 Å². The second-order valence-corrected chi connectivity index (χ2v) is 4.97. The number of alkyl halides is 1. The lowest BCUT2D eigenvalue weighted by Crippen LogP contribution is -2.09. The van der Waals surface area contributed by atoms with Crippen LogP contribution in [0.25, 0.3) is 5.57 Å². The van der Waals surface area contributed by atoms with Gasteiger partial charge in [0, 0.05) is 26.9 Å². The molecule has 0 saturated carbocycles. The topological polar surface area (TPSA) is 29.3 Å². The molecule has 1 atom stereocenters. The molecule has 4 heteroatoms. The van der Waals surface area contributed by atoms with Crippen LogP contribution in [0, 0.1) is 10.8 Å². The Morgan fingerprint density at radius 3 is 3.19 bits per heavy atom. The number of hydrogen-bond donors (Lipinski definition) is 0. The van der Waals surface area contributed by atoms with Crippen LogP contribution in [-0.2, 0) is 11.3 Å². The van der Waals surface area contributed by atoms with Gasteiger partial charge in [0.15, 0.2) is 0 Å². The van der Waals surface area contributed by atoms with Gasteiger partial charge in [0.25, 0.3) is 5.69 Å². The van der Waals surface area contributed by atoms with Crippen LogP contribution in [-0.4, -0.2) is 15.8 Å². The summed E-state index contributed by atoms with van der Waals surface area (Å²) >= 11 is 2.35. The lowest BCUT2D eigenvalue weighted by Gasteiger charge is -2.09. The summed E-state index contributed by atoms with van der Waals surface area (Å²) in [5, 5.41) is 0. The maximum Gasteiger partial charge on any atom is 0.270 e. The molecule has 1 aromatic carbocycles. The Kier molecular flexibility index (Phi) is 2.55. The molecule has 0 fully saturated rings. The number of hydrogen-bond acceptors (Lipinski definition) is 2. The molecule has 0 aromatic heterocycles. The Morgan fingerprint density at radius 1 is 1.50 bits per heavy atom. The van der Waals surface area contributed by atoms with Crippen LogP contribution in [0.2, 0.25) is 0 Å². The molecule has 0 radical (unpaired) electrons. The molecule has 2 aliphatic heterocycles. The van der Waals surface area contributed by atoms with Crippen LogP contribution in [0.5, 0.6) is 0 Å². The number of halogens is 1. The van der Waals surface area contributed by atoms with Crippen molar-refractivity contribution in [2.45, 2.75) is 6.61 Å². The van der Waals surface area contributed by atoms with E-state index in [1.807, 2.05) is 18.2 Å². The standard InChI is InChI=1S/C12H11INO2/c13-4-9-7-16-6-8-2-1-3-11-12(8)10(9)5-14(11)15/h1-3,5,9H,4,6-7H2/q+1. The first-order valence-electron chi connectivity index (χ1n) is 5.25. The number of nitroso groups, excluding NO2 is 1. The molecule has 2 heterocycles. The number of benzene rings is 1. The van der Waals surface area contributed by atoms with Gasteiger partial charge in [-0.25, -0.2) is 0 Å². The van der Waals surface area contributed by atoms with Crippen LogP contribution in [0.4, 0.5) is 5.69 Å². The van der Waals surface area contributed by atoms with E-state index in [0.29, 0.717) is 19.1 Å². The molecular weight excluding hydrogens is 317 g/mol. The van der Waals surface area contributed by atoms with E-state index < -0.39 is 0 Å². The second kappa shape index (κ2) is 3.92. The fourth-order valence-corrected chi connectivity index (χ4v) is 3.05. The Morgan fingerprint density at radius 2 is 2.38 bits per heavy atom. The van der Waals surface area contributed by atoms with Crippen molar-refractivity contribution in [1.29, 1.82) is 0 Å². The molecule has 1 aromatic rings. The third kappa shape index (κ3) is 1.43. The van der Waals surface area contributed by atoms with E-state index in [4.69, 9.17) is 4.74 Å². The first-order valence-corrected chi connectivity index (χ1v) is 6.78. The van der Waals surface area contributed by atoms with Crippen molar-refractivity contribution in [3.8, 4) is 0 Å². The van der Waals surface area contributed by atoms with Crippen LogP contribution in [0.1, 0.15) is 11.1 Å². The lowest BCUT2D eigenvalue weighted by atomic mass is 9.94. The van der Waals surface area contributed by atoms with Crippen LogP contribution in [0.15, 0.2) is 24.4 Å². The van der Waals surface area contributed by atoms with Gasteiger partial charge in [-0.3, -0.25) is 0 Å². The summed E-state index contributed by atoms with van der Waals surface area (Å²) in [6.07, 6.45) is 1.71. The molecule has 82 valence electrons. The average molecular weight is 328 g/mol. The molecule has 0 N–H and O–H groups in total. The van der Waals surface area contributed by atoms with Gasteiger partial charge in [-0.05, 0) is 5.56 Å². The Hall–Kier alpha value is -0.750. The summed E-state index contributed by atoms with van der Waals surface area (Å²) in [6.45, 7) is 1.32. The Bertz CT molecular complexity index is 496. The van der Waals surface area contributed by atoms with Crippen molar-refractivity contribution in [2.75, 3.05) is 11.0 Å². The van der Waals surface area contributed by atoms with Crippen molar-refractivity contribution in [1.82, 2.24) is 0 Å². The number of ether oxygens (including phenoxy) is 1. The van der Waals surface area contributed by atoms with Crippen LogP contribution >= 0.6 is 22.6 Å². The molecule has 0 spiro atoms. The summed E-state index contributed by atoms with van der Waals surface area (Å²) < 4.78 is 7.62. The highest BCUT2D eigenvalue weighted by molar-refractivity contribution is 14.1. The molecule has 0 bridgehead atoms. The third-order valence-electron chi connectivity index (χ3n) is 3.11. The fraction of sp³-hybridized carbons (Fsp3) is 0.333. The summed E-state index contributed by atoms with van der Waals surface area (Å²) in [7, 11) is 0. The maximum atomic E-state index is 11.8. The molecular formula is C12H11INO2+. The molecule has 2 aliphatic rings. The molecule has 16 heavy (non-hydrogen) atoms. The van der Waals surface area contributed by atoms with Gasteiger partial charge < -0.3 is 4.74 Å². The van der Waals surface area contributed by atoms with Gasteiger partial charge in [0.2, 0.25) is 6.20 Å². The highest BCUT2D eigenvalue weighted by Crippen LogP contribution is 2.42. The largest absolute Gasteiger partial charge is 0.376 e. The Balaban J connectivity index is 2.22. The lowest BCUT2D eigenvalue weighted by molar-refractivity contribution is -0.379. The number of nitrogens with zero attached hydrogens (tertiary/aromatic N) is 1. The Labute approximate surface area is 107 Å². The van der Waals surface area contributed by atoms with Gasteiger partial charge in [-0.15, -0.1) is 0 Å². The monoisotopic (exact) mass is 328 g/mol. The molecule has 3 nitrogen and oxygen atoms in total. The summed E-state index contributed by atoms with van der Waals surface area (Å²) in [4.78, 5) is 11.8. The van der Waals surface area contributed by atoms with Crippen LogP contribution in [0.3, 0.4) is 0 Å². The first-order chi connectivity index (χ1) is 7.81. The SMILES string of the molecule is O=[N+]1C=C2c3c(cccc31)COCC2CI. The third-order valence-corrected chi connectivity index (χ3v) is 4.18. The fourth-order valence-electron chi connectivity index (χ4n) is 2.32. The molecule has 1 unspecified atom stereocenters. The highest BCUT2D eigenvalue weighted by atomic mass is 127. The predicted octanol–water partition coefficient (Wildman–Crippen LogP) is 3.03. The average Bonchev–Trinajstić information content (AvgIpc) is 2.54. The minimum Gasteiger partial charge on any atom is -0.376 e. The summed E-state index contributed by atoms with van der Waals surface area (Å²) in [6, 6.07) is 5.84. The first kappa shape index (κ1) is 10.4. The molecule has 0 saturated heterocycles. The van der Waals surface area contributed by atoms with Crippen molar-refractivity contribution in [3.05, 3.63) is 40.4 Å². The summed E-state index contributed by atoms with van der Waals surface area (Å²) in [5.41, 5.74) is 4.16. The van der Waals surface area contributed by atoms with Gasteiger partial charge in [-0.2, -0.15) is 0 Å². The van der Waals surface area contributed by atoms with E-state index in [1.54, 1.807) is 6.20 Å². The predicted molar refractivity (Wildman–Crippen MR) is 69.7 cm³/mol. The minimum absolute atomic E-state index is 0.335. The molecule has 0 aliphatic carbocycles. The zero-order valence-electron chi connectivity index (χ0n) is 8.65. The minimum atomic E-state index is 0.335. The van der Waals surface area contributed by atoms with Gasteiger partial charge in [-0.1, -0.05) is 34.7 Å². The van der Waals surface area contributed by atoms with E-state index in [2.05, 4.69) is 22.6 Å². The maximum absolute atomic E-state index is 11.8. The highest BCUT2D eigenvalue weighted by Gasteiger charge is 2.36. The quantitative estimate of drug-likeness (QED) is 0.451. The van der Waals surface area contributed by atoms with Crippen molar-refractivity contribution < 1.29 is 9.50 Å². The number of rotatable bonds is 1. The normalized spacial score (nSPS) is 22.7. The zero-order valence-corrected chi connectivity index (χ0v) is 10.8. The van der Waals surface area contributed by atoms with Gasteiger partial charge in [0.1, 0.15) is 0 Å².